The summed E-state index contributed by atoms with van der Waals surface area (Å²) in [6.07, 6.45) is 0.627. The molecule has 136 valence electrons. The average Bonchev–Trinajstić information content (AvgIpc) is 2.69. The molecule has 0 saturated carbocycles. The Bertz CT molecular complexity index is 935. The van der Waals surface area contributed by atoms with Crippen molar-refractivity contribution in [1.82, 2.24) is 0 Å². The van der Waals surface area contributed by atoms with Gasteiger partial charge in [-0.15, -0.1) is 0 Å². The minimum atomic E-state index is -0.499. The minimum Gasteiger partial charge on any atom is -0.452 e. The van der Waals surface area contributed by atoms with Gasteiger partial charge in [0.25, 0.3) is 5.91 Å². The van der Waals surface area contributed by atoms with Gasteiger partial charge in [-0.05, 0) is 42.2 Å². The SMILES string of the molecule is Cc1ccccc1NC(=O)COC(=O)c1ccccc1Cc1ccccc1. The minimum absolute atomic E-state index is 0.327. The number of carbonyl (C=O) groups excluding carboxylic acids is 2. The van der Waals surface area contributed by atoms with Gasteiger partial charge in [-0.3, -0.25) is 4.79 Å². The molecular weight excluding hydrogens is 338 g/mol. The maximum absolute atomic E-state index is 12.5. The van der Waals surface area contributed by atoms with Crippen LogP contribution in [0.4, 0.5) is 5.69 Å². The molecular formula is C23H21NO3. The number of para-hydroxylation sites is 1. The Hall–Kier alpha value is -3.40. The van der Waals surface area contributed by atoms with Gasteiger partial charge in [0.1, 0.15) is 0 Å². The van der Waals surface area contributed by atoms with E-state index in [1.165, 1.54) is 0 Å². The highest BCUT2D eigenvalue weighted by Gasteiger charge is 2.14. The van der Waals surface area contributed by atoms with Gasteiger partial charge in [0.05, 0.1) is 5.56 Å². The number of benzene rings is 3. The maximum Gasteiger partial charge on any atom is 0.338 e. The normalized spacial score (nSPS) is 10.3. The van der Waals surface area contributed by atoms with Crippen molar-refractivity contribution in [2.75, 3.05) is 11.9 Å². The third-order valence-corrected chi connectivity index (χ3v) is 4.23. The number of carbonyl (C=O) groups is 2. The number of esters is 1. The highest BCUT2D eigenvalue weighted by atomic mass is 16.5. The topological polar surface area (TPSA) is 55.4 Å². The molecule has 0 aliphatic carbocycles. The van der Waals surface area contributed by atoms with Crippen molar-refractivity contribution in [1.29, 1.82) is 0 Å². The van der Waals surface area contributed by atoms with Crippen LogP contribution in [0.25, 0.3) is 0 Å². The summed E-state index contributed by atoms with van der Waals surface area (Å²) in [6, 6.07) is 24.7. The zero-order chi connectivity index (χ0) is 19.1. The molecule has 1 N–H and O–H groups in total. The van der Waals surface area contributed by atoms with Crippen molar-refractivity contribution in [3.8, 4) is 0 Å². The average molecular weight is 359 g/mol. The fraction of sp³-hybridized carbons (Fsp3) is 0.130. The number of hydrogen-bond donors (Lipinski definition) is 1. The molecule has 0 heterocycles. The van der Waals surface area contributed by atoms with Gasteiger partial charge in [0, 0.05) is 5.69 Å². The zero-order valence-corrected chi connectivity index (χ0v) is 15.1. The molecule has 3 aromatic carbocycles. The number of nitrogens with one attached hydrogen (secondary N) is 1. The molecule has 0 bridgehead atoms. The van der Waals surface area contributed by atoms with Gasteiger partial charge in [0.15, 0.2) is 6.61 Å². The molecule has 4 nitrogen and oxygen atoms in total. The monoisotopic (exact) mass is 359 g/mol. The van der Waals surface area contributed by atoms with E-state index in [2.05, 4.69) is 5.32 Å². The van der Waals surface area contributed by atoms with Crippen LogP contribution in [0.2, 0.25) is 0 Å². The van der Waals surface area contributed by atoms with Crippen molar-refractivity contribution >= 4 is 17.6 Å². The van der Waals surface area contributed by atoms with Crippen LogP contribution in [0.1, 0.15) is 27.0 Å². The van der Waals surface area contributed by atoms with Gasteiger partial charge in [-0.25, -0.2) is 4.79 Å². The van der Waals surface area contributed by atoms with Gasteiger partial charge in [-0.2, -0.15) is 0 Å². The van der Waals surface area contributed by atoms with E-state index in [0.29, 0.717) is 17.7 Å². The maximum atomic E-state index is 12.5. The van der Waals surface area contributed by atoms with Crippen molar-refractivity contribution in [3.63, 3.8) is 0 Å². The molecule has 4 heteroatoms. The first-order chi connectivity index (χ1) is 13.1. The largest absolute Gasteiger partial charge is 0.452 e. The molecule has 0 saturated heterocycles. The molecule has 0 aliphatic rings. The van der Waals surface area contributed by atoms with Crippen LogP contribution in [0.5, 0.6) is 0 Å². The van der Waals surface area contributed by atoms with E-state index < -0.39 is 5.97 Å². The molecule has 0 aromatic heterocycles. The molecule has 3 rings (SSSR count). The Morgan fingerprint density at radius 3 is 2.30 bits per heavy atom. The number of ether oxygens (including phenoxy) is 1. The lowest BCUT2D eigenvalue weighted by atomic mass is 10.00. The molecule has 1 amide bonds. The van der Waals surface area contributed by atoms with E-state index in [0.717, 1.165) is 16.7 Å². The van der Waals surface area contributed by atoms with E-state index >= 15 is 0 Å². The van der Waals surface area contributed by atoms with Crippen molar-refractivity contribution in [2.45, 2.75) is 13.3 Å². The lowest BCUT2D eigenvalue weighted by molar-refractivity contribution is -0.119. The fourth-order valence-electron chi connectivity index (χ4n) is 2.80. The van der Waals surface area contributed by atoms with Crippen molar-refractivity contribution in [2.24, 2.45) is 0 Å². The third kappa shape index (κ3) is 5.05. The van der Waals surface area contributed by atoms with Crippen molar-refractivity contribution in [3.05, 3.63) is 101 Å². The molecule has 0 unspecified atom stereocenters. The summed E-state index contributed by atoms with van der Waals surface area (Å²) in [5, 5.41) is 2.76. The number of anilines is 1. The van der Waals surface area contributed by atoms with E-state index in [9.17, 15) is 9.59 Å². The molecule has 0 radical (unpaired) electrons. The molecule has 0 atom stereocenters. The van der Waals surface area contributed by atoms with Crippen LogP contribution < -0.4 is 5.32 Å². The summed E-state index contributed by atoms with van der Waals surface area (Å²) in [4.78, 5) is 24.6. The first-order valence-corrected chi connectivity index (χ1v) is 8.78. The van der Waals surface area contributed by atoms with Crippen LogP contribution in [-0.4, -0.2) is 18.5 Å². The smallest absolute Gasteiger partial charge is 0.338 e. The molecule has 3 aromatic rings. The second kappa shape index (κ2) is 8.81. The van der Waals surface area contributed by atoms with Crippen LogP contribution in [0, 0.1) is 6.92 Å². The number of hydrogen-bond acceptors (Lipinski definition) is 3. The Morgan fingerprint density at radius 1 is 0.852 bits per heavy atom. The second-order valence-corrected chi connectivity index (χ2v) is 6.26. The highest BCUT2D eigenvalue weighted by molar-refractivity contribution is 5.96. The summed E-state index contributed by atoms with van der Waals surface area (Å²) in [7, 11) is 0. The molecule has 0 spiro atoms. The Labute approximate surface area is 158 Å². The summed E-state index contributed by atoms with van der Waals surface area (Å²) in [5.41, 5.74) is 4.11. The third-order valence-electron chi connectivity index (χ3n) is 4.23. The van der Waals surface area contributed by atoms with Crippen molar-refractivity contribution < 1.29 is 14.3 Å². The summed E-state index contributed by atoms with van der Waals surface area (Å²) >= 11 is 0. The first kappa shape index (κ1) is 18.4. The fourth-order valence-corrected chi connectivity index (χ4v) is 2.80. The molecule has 27 heavy (non-hydrogen) atoms. The van der Waals surface area contributed by atoms with E-state index in [-0.39, 0.29) is 12.5 Å². The summed E-state index contributed by atoms with van der Waals surface area (Å²) in [5.74, 6) is -0.861. The van der Waals surface area contributed by atoms with E-state index in [1.54, 1.807) is 12.1 Å². The zero-order valence-electron chi connectivity index (χ0n) is 15.1. The predicted octanol–water partition coefficient (Wildman–Crippen LogP) is 4.38. The summed E-state index contributed by atoms with van der Waals surface area (Å²) < 4.78 is 5.23. The number of aryl methyl sites for hydroxylation is 1. The standard InChI is InChI=1S/C23H21NO3/c1-17-9-5-8-14-21(17)24-22(25)16-27-23(26)20-13-7-6-12-19(20)15-18-10-3-2-4-11-18/h2-14H,15-16H2,1H3,(H,24,25). The van der Waals surface area contributed by atoms with Gasteiger partial charge in [-0.1, -0.05) is 66.7 Å². The van der Waals surface area contributed by atoms with Gasteiger partial charge >= 0.3 is 5.97 Å². The Balaban J connectivity index is 1.63. The lowest BCUT2D eigenvalue weighted by Crippen LogP contribution is -2.21. The predicted molar refractivity (Wildman–Crippen MR) is 106 cm³/mol. The highest BCUT2D eigenvalue weighted by Crippen LogP contribution is 2.16. The van der Waals surface area contributed by atoms with Gasteiger partial charge < -0.3 is 10.1 Å². The Kier molecular flexibility index (Phi) is 6.00. The van der Waals surface area contributed by atoms with Gasteiger partial charge in [0.2, 0.25) is 0 Å². The number of amides is 1. The quantitative estimate of drug-likeness (QED) is 0.665. The first-order valence-electron chi connectivity index (χ1n) is 8.78. The van der Waals surface area contributed by atoms with Crippen LogP contribution in [-0.2, 0) is 16.0 Å². The van der Waals surface area contributed by atoms with Crippen LogP contribution in [0.15, 0.2) is 78.9 Å². The summed E-state index contributed by atoms with van der Waals surface area (Å²) in [6.45, 7) is 1.58. The number of rotatable bonds is 6. The van der Waals surface area contributed by atoms with E-state index in [4.69, 9.17) is 4.74 Å². The lowest BCUT2D eigenvalue weighted by Gasteiger charge is -2.11. The van der Waals surface area contributed by atoms with Crippen LogP contribution in [0.3, 0.4) is 0 Å². The molecule has 0 fully saturated rings. The van der Waals surface area contributed by atoms with E-state index in [1.807, 2.05) is 73.7 Å². The Morgan fingerprint density at radius 2 is 1.52 bits per heavy atom. The second-order valence-electron chi connectivity index (χ2n) is 6.26. The van der Waals surface area contributed by atoms with Crippen LogP contribution >= 0.6 is 0 Å². The molecule has 0 aliphatic heterocycles.